The van der Waals surface area contributed by atoms with Crippen molar-refractivity contribution in [1.82, 2.24) is 4.90 Å². The Morgan fingerprint density at radius 1 is 1.00 bits per heavy atom. The molecule has 0 bridgehead atoms. The molecule has 34 heavy (non-hydrogen) atoms. The standard InChI is InChI=1S/C25H33N3O6/c1-31-23-10-20(21(28(29)30)11-24(23)32-2)15-27(13-18-5-3-17(12-26)4-6-18)14-19-7-8-22-25(9-19)34-16-33-22/h7-11,17-18H,3-6,12-16,26H2,1-2H3. The quantitative estimate of drug-likeness (QED) is 0.407. The summed E-state index contributed by atoms with van der Waals surface area (Å²) in [5, 5.41) is 11.9. The minimum atomic E-state index is -0.359. The fraction of sp³-hybridized carbons (Fsp3) is 0.520. The van der Waals surface area contributed by atoms with Gasteiger partial charge in [0.1, 0.15) is 0 Å². The summed E-state index contributed by atoms with van der Waals surface area (Å²) in [6.45, 7) is 2.87. The third kappa shape index (κ3) is 5.53. The van der Waals surface area contributed by atoms with Crippen molar-refractivity contribution in [2.45, 2.75) is 38.8 Å². The van der Waals surface area contributed by atoms with Crippen molar-refractivity contribution < 1.29 is 23.9 Å². The van der Waals surface area contributed by atoms with Crippen molar-refractivity contribution in [2.24, 2.45) is 17.6 Å². The first-order chi connectivity index (χ1) is 16.5. The lowest BCUT2D eigenvalue weighted by atomic mass is 9.82. The largest absolute Gasteiger partial charge is 0.493 e. The molecule has 184 valence electrons. The molecular weight excluding hydrogens is 438 g/mol. The Labute approximate surface area is 199 Å². The SMILES string of the molecule is COc1cc(CN(Cc2ccc3c(c2)OCO3)CC2CCC(CN)CC2)c([N+](=O)[O-])cc1OC. The molecule has 0 aromatic heterocycles. The van der Waals surface area contributed by atoms with Crippen molar-refractivity contribution >= 4 is 5.69 Å². The van der Waals surface area contributed by atoms with Gasteiger partial charge in [0.05, 0.1) is 25.2 Å². The summed E-state index contributed by atoms with van der Waals surface area (Å²) in [7, 11) is 3.01. The fourth-order valence-electron chi connectivity index (χ4n) is 4.95. The summed E-state index contributed by atoms with van der Waals surface area (Å²) in [4.78, 5) is 13.8. The molecule has 0 radical (unpaired) electrons. The Balaban J connectivity index is 1.59. The molecule has 0 unspecified atom stereocenters. The Morgan fingerprint density at radius 2 is 1.68 bits per heavy atom. The maximum Gasteiger partial charge on any atom is 0.277 e. The molecule has 2 aromatic rings. The molecule has 9 heteroatoms. The lowest BCUT2D eigenvalue weighted by molar-refractivity contribution is -0.385. The summed E-state index contributed by atoms with van der Waals surface area (Å²) in [5.41, 5.74) is 7.57. The number of rotatable bonds is 10. The third-order valence-corrected chi connectivity index (χ3v) is 6.83. The molecule has 1 fully saturated rings. The predicted octanol–water partition coefficient (Wildman–Crippen LogP) is 4.11. The number of benzene rings is 2. The van der Waals surface area contributed by atoms with Crippen LogP contribution in [0.25, 0.3) is 0 Å². The van der Waals surface area contributed by atoms with E-state index >= 15 is 0 Å². The zero-order chi connectivity index (χ0) is 24.1. The first-order valence-electron chi connectivity index (χ1n) is 11.7. The first-order valence-corrected chi connectivity index (χ1v) is 11.7. The van der Waals surface area contributed by atoms with Gasteiger partial charge in [-0.1, -0.05) is 6.07 Å². The molecule has 2 aliphatic rings. The monoisotopic (exact) mass is 471 g/mol. The van der Waals surface area contributed by atoms with Crippen molar-refractivity contribution in [3.05, 3.63) is 51.6 Å². The molecule has 9 nitrogen and oxygen atoms in total. The van der Waals surface area contributed by atoms with Gasteiger partial charge in [0.2, 0.25) is 6.79 Å². The van der Waals surface area contributed by atoms with E-state index in [1.807, 2.05) is 18.2 Å². The molecule has 1 heterocycles. The van der Waals surface area contributed by atoms with Gasteiger partial charge in [0.15, 0.2) is 23.0 Å². The Kier molecular flexibility index (Phi) is 7.74. The van der Waals surface area contributed by atoms with Crippen molar-refractivity contribution in [3.63, 3.8) is 0 Å². The minimum Gasteiger partial charge on any atom is -0.493 e. The van der Waals surface area contributed by atoms with Crippen LogP contribution in [-0.2, 0) is 13.1 Å². The van der Waals surface area contributed by atoms with Crippen LogP contribution in [-0.4, -0.2) is 43.9 Å². The smallest absolute Gasteiger partial charge is 0.277 e. The zero-order valence-electron chi connectivity index (χ0n) is 19.8. The molecular formula is C25H33N3O6. The number of nitro benzene ring substituents is 1. The number of fused-ring (bicyclic) bond motifs is 1. The Morgan fingerprint density at radius 3 is 2.35 bits per heavy atom. The highest BCUT2D eigenvalue weighted by Crippen LogP contribution is 2.37. The molecule has 0 spiro atoms. The predicted molar refractivity (Wildman–Crippen MR) is 127 cm³/mol. The van der Waals surface area contributed by atoms with Crippen LogP contribution < -0.4 is 24.7 Å². The average Bonchev–Trinajstić information content (AvgIpc) is 3.32. The second-order valence-electron chi connectivity index (χ2n) is 9.07. The highest BCUT2D eigenvalue weighted by Gasteiger charge is 2.26. The van der Waals surface area contributed by atoms with Gasteiger partial charge in [-0.25, -0.2) is 0 Å². The van der Waals surface area contributed by atoms with Gasteiger partial charge < -0.3 is 24.7 Å². The first kappa shape index (κ1) is 24.1. The molecule has 1 aliphatic heterocycles. The lowest BCUT2D eigenvalue weighted by Gasteiger charge is -2.32. The number of nitro groups is 1. The van der Waals surface area contributed by atoms with Gasteiger partial charge in [0, 0.05) is 25.2 Å². The van der Waals surface area contributed by atoms with Crippen LogP contribution in [0.15, 0.2) is 30.3 Å². The fourth-order valence-corrected chi connectivity index (χ4v) is 4.95. The van der Waals surface area contributed by atoms with E-state index in [1.54, 1.807) is 6.07 Å². The van der Waals surface area contributed by atoms with Crippen molar-refractivity contribution in [3.8, 4) is 23.0 Å². The van der Waals surface area contributed by atoms with E-state index < -0.39 is 0 Å². The highest BCUT2D eigenvalue weighted by atomic mass is 16.7. The van der Waals surface area contributed by atoms with Crippen LogP contribution >= 0.6 is 0 Å². The van der Waals surface area contributed by atoms with Gasteiger partial charge in [-0.05, 0) is 67.8 Å². The van der Waals surface area contributed by atoms with E-state index in [-0.39, 0.29) is 17.4 Å². The number of nitrogens with two attached hydrogens (primary N) is 1. The average molecular weight is 472 g/mol. The number of nitrogens with zero attached hydrogens (tertiary/aromatic N) is 2. The molecule has 0 amide bonds. The van der Waals surface area contributed by atoms with Crippen LogP contribution in [0.2, 0.25) is 0 Å². The molecule has 1 aliphatic carbocycles. The maximum absolute atomic E-state index is 11.9. The van der Waals surface area contributed by atoms with Crippen LogP contribution in [0.3, 0.4) is 0 Å². The van der Waals surface area contributed by atoms with Gasteiger partial charge >= 0.3 is 0 Å². The van der Waals surface area contributed by atoms with E-state index in [9.17, 15) is 10.1 Å². The Bertz CT molecular complexity index is 1010. The van der Waals surface area contributed by atoms with E-state index in [4.69, 9.17) is 24.7 Å². The normalized spacial score (nSPS) is 19.3. The number of methoxy groups -OCH3 is 2. The second kappa shape index (κ2) is 10.9. The van der Waals surface area contributed by atoms with Gasteiger partial charge in [-0.15, -0.1) is 0 Å². The highest BCUT2D eigenvalue weighted by molar-refractivity contribution is 5.54. The van der Waals surface area contributed by atoms with Gasteiger partial charge in [0.25, 0.3) is 5.69 Å². The van der Waals surface area contributed by atoms with Crippen LogP contribution in [0.1, 0.15) is 36.8 Å². The second-order valence-corrected chi connectivity index (χ2v) is 9.07. The molecule has 2 aromatic carbocycles. The van der Waals surface area contributed by atoms with Crippen LogP contribution in [0.4, 0.5) is 5.69 Å². The summed E-state index contributed by atoms with van der Waals surface area (Å²) < 4.78 is 21.7. The minimum absolute atomic E-state index is 0.0279. The van der Waals surface area contributed by atoms with Crippen molar-refractivity contribution in [2.75, 3.05) is 34.1 Å². The lowest BCUT2D eigenvalue weighted by Crippen LogP contribution is -2.32. The van der Waals surface area contributed by atoms with E-state index in [0.29, 0.717) is 42.0 Å². The van der Waals surface area contributed by atoms with Gasteiger partial charge in [-0.3, -0.25) is 15.0 Å². The topological polar surface area (TPSA) is 109 Å². The third-order valence-electron chi connectivity index (χ3n) is 6.83. The zero-order valence-corrected chi connectivity index (χ0v) is 19.8. The molecule has 1 saturated carbocycles. The molecule has 0 saturated heterocycles. The van der Waals surface area contributed by atoms with Crippen molar-refractivity contribution in [1.29, 1.82) is 0 Å². The van der Waals surface area contributed by atoms with Crippen LogP contribution in [0, 0.1) is 22.0 Å². The maximum atomic E-state index is 11.9. The summed E-state index contributed by atoms with van der Waals surface area (Å²) >= 11 is 0. The van der Waals surface area contributed by atoms with Crippen LogP contribution in [0.5, 0.6) is 23.0 Å². The number of hydrogen-bond acceptors (Lipinski definition) is 8. The molecule has 2 N–H and O–H groups in total. The number of ether oxygens (including phenoxy) is 4. The number of hydrogen-bond donors (Lipinski definition) is 1. The van der Waals surface area contributed by atoms with Gasteiger partial charge in [-0.2, -0.15) is 0 Å². The van der Waals surface area contributed by atoms with E-state index in [1.165, 1.54) is 20.3 Å². The molecule has 0 atom stereocenters. The summed E-state index contributed by atoms with van der Waals surface area (Å²) in [6.07, 6.45) is 4.51. The summed E-state index contributed by atoms with van der Waals surface area (Å²) in [6, 6.07) is 9.09. The van der Waals surface area contributed by atoms with E-state index in [0.717, 1.165) is 55.8 Å². The van der Waals surface area contributed by atoms with E-state index in [2.05, 4.69) is 4.90 Å². The molecule has 4 rings (SSSR count). The Hall–Kier alpha value is -3.04. The summed E-state index contributed by atoms with van der Waals surface area (Å²) in [5.74, 6) is 3.43.